The monoisotopic (exact) mass is 223 g/mol. The lowest BCUT2D eigenvalue weighted by atomic mass is 10.1. The van der Waals surface area contributed by atoms with Crippen molar-refractivity contribution in [2.24, 2.45) is 0 Å². The van der Waals surface area contributed by atoms with E-state index >= 15 is 0 Å². The Kier molecular flexibility index (Phi) is 3.14. The molecular formula is C6H10BrNO3. The van der Waals surface area contributed by atoms with Crippen LogP contribution in [0.1, 0.15) is 6.42 Å². The molecule has 4 nitrogen and oxygen atoms in total. The largest absolute Gasteiger partial charge is 0.465 e. The van der Waals surface area contributed by atoms with E-state index in [1.165, 1.54) is 0 Å². The van der Waals surface area contributed by atoms with Gasteiger partial charge in [-0.2, -0.15) is 0 Å². The molecule has 64 valence electrons. The van der Waals surface area contributed by atoms with Crippen LogP contribution in [-0.2, 0) is 4.74 Å². The number of halogens is 1. The van der Waals surface area contributed by atoms with E-state index < -0.39 is 6.09 Å². The standard InChI is InChI=1S/C6H10BrNO3/c7-4-1-2-11-3-5(4)8-6(9)10/h4-5,8H,1-3H2,(H,9,10)/t4-,5-/m1/s1. The van der Waals surface area contributed by atoms with Gasteiger partial charge in [0, 0.05) is 11.4 Å². The molecule has 0 spiro atoms. The molecule has 0 aliphatic carbocycles. The number of amides is 1. The summed E-state index contributed by atoms with van der Waals surface area (Å²) in [5.41, 5.74) is 0. The van der Waals surface area contributed by atoms with Crippen LogP contribution in [0, 0.1) is 0 Å². The van der Waals surface area contributed by atoms with Crippen molar-refractivity contribution in [3.8, 4) is 0 Å². The minimum Gasteiger partial charge on any atom is -0.465 e. The minimum atomic E-state index is -0.995. The zero-order chi connectivity index (χ0) is 8.27. The van der Waals surface area contributed by atoms with E-state index in [1.54, 1.807) is 0 Å². The molecule has 1 fully saturated rings. The number of hydrogen-bond acceptors (Lipinski definition) is 2. The van der Waals surface area contributed by atoms with E-state index in [1.807, 2.05) is 0 Å². The highest BCUT2D eigenvalue weighted by atomic mass is 79.9. The van der Waals surface area contributed by atoms with Crippen molar-refractivity contribution in [3.63, 3.8) is 0 Å². The fourth-order valence-corrected chi connectivity index (χ4v) is 1.47. The first-order valence-electron chi connectivity index (χ1n) is 3.41. The summed E-state index contributed by atoms with van der Waals surface area (Å²) in [5, 5.41) is 10.8. The van der Waals surface area contributed by atoms with Gasteiger partial charge < -0.3 is 15.2 Å². The third-order valence-electron chi connectivity index (χ3n) is 1.58. The second-order valence-electron chi connectivity index (χ2n) is 2.44. The molecule has 0 aromatic carbocycles. The van der Waals surface area contributed by atoms with Crippen LogP contribution in [0.2, 0.25) is 0 Å². The topological polar surface area (TPSA) is 58.6 Å². The summed E-state index contributed by atoms with van der Waals surface area (Å²) in [6.45, 7) is 1.16. The van der Waals surface area contributed by atoms with Gasteiger partial charge in [0.25, 0.3) is 0 Å². The summed E-state index contributed by atoms with van der Waals surface area (Å²) < 4.78 is 5.10. The Bertz CT molecular complexity index is 153. The number of carboxylic acid groups (broad SMARTS) is 1. The Hall–Kier alpha value is -0.290. The summed E-state index contributed by atoms with van der Waals surface area (Å²) in [6.07, 6.45) is -0.143. The lowest BCUT2D eigenvalue weighted by Crippen LogP contribution is -2.46. The number of ether oxygens (including phenoxy) is 1. The average molecular weight is 224 g/mol. The molecule has 1 aliphatic rings. The van der Waals surface area contributed by atoms with Gasteiger partial charge in [-0.15, -0.1) is 0 Å². The second kappa shape index (κ2) is 3.92. The fourth-order valence-electron chi connectivity index (χ4n) is 1.00. The summed E-state index contributed by atoms with van der Waals surface area (Å²) in [4.78, 5) is 10.4. The molecule has 0 radical (unpaired) electrons. The Morgan fingerprint density at radius 1 is 1.73 bits per heavy atom. The molecule has 2 atom stereocenters. The predicted octanol–water partition coefficient (Wildman–Crippen LogP) is 0.806. The van der Waals surface area contributed by atoms with Crippen LogP contribution in [-0.4, -0.2) is 35.3 Å². The molecule has 5 heteroatoms. The Labute approximate surface area is 73.0 Å². The maximum atomic E-state index is 10.2. The number of rotatable bonds is 1. The third-order valence-corrected chi connectivity index (χ3v) is 2.68. The molecule has 1 aliphatic heterocycles. The SMILES string of the molecule is O=C(O)N[C@@H]1COCC[C@H]1Br. The molecule has 0 aromatic heterocycles. The molecule has 1 rings (SSSR count). The lowest BCUT2D eigenvalue weighted by molar-refractivity contribution is 0.0743. The average Bonchev–Trinajstić information content (AvgIpc) is 1.93. The minimum absolute atomic E-state index is 0.110. The van der Waals surface area contributed by atoms with E-state index in [2.05, 4.69) is 21.2 Å². The Morgan fingerprint density at radius 2 is 2.45 bits per heavy atom. The van der Waals surface area contributed by atoms with Gasteiger partial charge in [-0.05, 0) is 6.42 Å². The van der Waals surface area contributed by atoms with Gasteiger partial charge in [0.05, 0.1) is 12.6 Å². The summed E-state index contributed by atoms with van der Waals surface area (Å²) in [5.74, 6) is 0. The van der Waals surface area contributed by atoms with E-state index in [9.17, 15) is 4.79 Å². The zero-order valence-corrected chi connectivity index (χ0v) is 7.50. The predicted molar refractivity (Wildman–Crippen MR) is 43.1 cm³/mol. The van der Waals surface area contributed by atoms with Crippen molar-refractivity contribution in [3.05, 3.63) is 0 Å². The molecule has 1 heterocycles. The molecule has 0 bridgehead atoms. The van der Waals surface area contributed by atoms with E-state index in [0.29, 0.717) is 13.2 Å². The molecule has 2 N–H and O–H groups in total. The summed E-state index contributed by atoms with van der Waals surface area (Å²) >= 11 is 3.38. The van der Waals surface area contributed by atoms with Gasteiger partial charge in [0.2, 0.25) is 0 Å². The van der Waals surface area contributed by atoms with Crippen LogP contribution in [0.5, 0.6) is 0 Å². The van der Waals surface area contributed by atoms with Crippen LogP contribution in [0.3, 0.4) is 0 Å². The van der Waals surface area contributed by atoms with Crippen molar-refractivity contribution in [1.82, 2.24) is 5.32 Å². The Balaban J connectivity index is 2.35. The third kappa shape index (κ3) is 2.67. The summed E-state index contributed by atoms with van der Waals surface area (Å²) in [7, 11) is 0. The maximum Gasteiger partial charge on any atom is 0.404 e. The number of alkyl halides is 1. The quantitative estimate of drug-likeness (QED) is 0.648. The van der Waals surface area contributed by atoms with E-state index in [0.717, 1.165) is 6.42 Å². The number of hydrogen-bond donors (Lipinski definition) is 2. The van der Waals surface area contributed by atoms with Crippen molar-refractivity contribution in [1.29, 1.82) is 0 Å². The van der Waals surface area contributed by atoms with Gasteiger partial charge in [-0.1, -0.05) is 15.9 Å². The second-order valence-corrected chi connectivity index (χ2v) is 3.61. The van der Waals surface area contributed by atoms with Gasteiger partial charge in [-0.25, -0.2) is 4.79 Å². The van der Waals surface area contributed by atoms with Gasteiger partial charge in [0.1, 0.15) is 0 Å². The summed E-state index contributed by atoms with van der Waals surface area (Å²) in [6, 6.07) is -0.110. The van der Waals surface area contributed by atoms with Crippen LogP contribution in [0.15, 0.2) is 0 Å². The van der Waals surface area contributed by atoms with Gasteiger partial charge in [-0.3, -0.25) is 0 Å². The van der Waals surface area contributed by atoms with Crippen molar-refractivity contribution in [2.45, 2.75) is 17.3 Å². The smallest absolute Gasteiger partial charge is 0.404 e. The maximum absolute atomic E-state index is 10.2. The molecule has 11 heavy (non-hydrogen) atoms. The Morgan fingerprint density at radius 3 is 3.00 bits per heavy atom. The number of nitrogens with one attached hydrogen (secondary N) is 1. The van der Waals surface area contributed by atoms with Crippen LogP contribution in [0.25, 0.3) is 0 Å². The molecular weight excluding hydrogens is 214 g/mol. The van der Waals surface area contributed by atoms with E-state index in [4.69, 9.17) is 9.84 Å². The molecule has 0 saturated carbocycles. The van der Waals surface area contributed by atoms with Crippen LogP contribution < -0.4 is 5.32 Å². The zero-order valence-electron chi connectivity index (χ0n) is 5.92. The van der Waals surface area contributed by atoms with Gasteiger partial charge in [0.15, 0.2) is 0 Å². The van der Waals surface area contributed by atoms with Crippen molar-refractivity contribution < 1.29 is 14.6 Å². The van der Waals surface area contributed by atoms with E-state index in [-0.39, 0.29) is 10.9 Å². The molecule has 0 aromatic rings. The van der Waals surface area contributed by atoms with Crippen LogP contribution >= 0.6 is 15.9 Å². The first kappa shape index (κ1) is 8.80. The van der Waals surface area contributed by atoms with Crippen molar-refractivity contribution >= 4 is 22.0 Å². The highest BCUT2D eigenvalue weighted by molar-refractivity contribution is 9.09. The van der Waals surface area contributed by atoms with Crippen molar-refractivity contribution in [2.75, 3.05) is 13.2 Å². The highest BCUT2D eigenvalue weighted by Crippen LogP contribution is 2.15. The first-order valence-corrected chi connectivity index (χ1v) is 4.33. The molecule has 0 unspecified atom stereocenters. The first-order chi connectivity index (χ1) is 5.20. The highest BCUT2D eigenvalue weighted by Gasteiger charge is 2.24. The molecule has 1 amide bonds. The van der Waals surface area contributed by atoms with Crippen LogP contribution in [0.4, 0.5) is 4.79 Å². The fraction of sp³-hybridized carbons (Fsp3) is 0.833. The van der Waals surface area contributed by atoms with Gasteiger partial charge >= 0.3 is 6.09 Å². The number of carbonyl (C=O) groups is 1. The molecule has 1 saturated heterocycles. The normalized spacial score (nSPS) is 31.4. The lowest BCUT2D eigenvalue weighted by Gasteiger charge is -2.26.